The molecule has 0 N–H and O–H groups in total. The number of rotatable bonds is 23. The van der Waals surface area contributed by atoms with Crippen LogP contribution >= 0.6 is 0 Å². The SMILES string of the molecule is COCCOCO[C@H]([C@@H](OCOCCOC)[C@@H](CCc1ccccc1)N=[N+]=[N-])[C@@H](CCc1ccccc1)N=[N+]=[N-]. The molecule has 0 heterocycles. The fraction of sp³-hybridized carbons (Fsp3) is 0.571. The van der Waals surface area contributed by atoms with Crippen LogP contribution in [-0.4, -0.2) is 78.5 Å². The molecule has 0 unspecified atom stereocenters. The maximum absolute atomic E-state index is 9.47. The minimum Gasteiger partial charge on any atom is -0.382 e. The minimum absolute atomic E-state index is 0.0944. The number of ether oxygens (including phenoxy) is 6. The first-order valence-corrected chi connectivity index (χ1v) is 13.3. The van der Waals surface area contributed by atoms with Gasteiger partial charge >= 0.3 is 0 Å². The smallest absolute Gasteiger partial charge is 0.147 e. The summed E-state index contributed by atoms with van der Waals surface area (Å²) in [5.74, 6) is 0. The highest BCUT2D eigenvalue weighted by Crippen LogP contribution is 2.25. The van der Waals surface area contributed by atoms with Crippen LogP contribution in [-0.2, 0) is 41.3 Å². The Morgan fingerprint density at radius 3 is 1.38 bits per heavy atom. The van der Waals surface area contributed by atoms with Gasteiger partial charge in [-0.15, -0.1) is 0 Å². The molecule has 0 saturated heterocycles. The first kappa shape index (κ1) is 33.0. The second-order valence-electron chi connectivity index (χ2n) is 8.89. The zero-order valence-electron chi connectivity index (χ0n) is 23.3. The fourth-order valence-electron chi connectivity index (χ4n) is 4.13. The van der Waals surface area contributed by atoms with Crippen LogP contribution in [0.4, 0.5) is 0 Å². The average Bonchev–Trinajstić information content (AvgIpc) is 2.99. The van der Waals surface area contributed by atoms with Gasteiger partial charge in [-0.3, -0.25) is 0 Å². The molecule has 0 aliphatic heterocycles. The van der Waals surface area contributed by atoms with E-state index in [0.29, 0.717) is 52.1 Å². The first-order chi connectivity index (χ1) is 19.7. The Labute approximate surface area is 235 Å². The largest absolute Gasteiger partial charge is 0.382 e. The van der Waals surface area contributed by atoms with E-state index in [2.05, 4.69) is 20.1 Å². The maximum Gasteiger partial charge on any atom is 0.147 e. The lowest BCUT2D eigenvalue weighted by molar-refractivity contribution is -0.182. The number of hydrogen-bond acceptors (Lipinski definition) is 8. The molecule has 2 aromatic rings. The summed E-state index contributed by atoms with van der Waals surface area (Å²) >= 11 is 0. The van der Waals surface area contributed by atoms with E-state index < -0.39 is 24.3 Å². The second-order valence-corrected chi connectivity index (χ2v) is 8.89. The molecule has 4 atom stereocenters. The molecule has 0 bridgehead atoms. The van der Waals surface area contributed by atoms with Crippen molar-refractivity contribution in [3.63, 3.8) is 0 Å². The van der Waals surface area contributed by atoms with Crippen molar-refractivity contribution >= 4 is 0 Å². The van der Waals surface area contributed by atoms with E-state index in [1.807, 2.05) is 60.7 Å². The zero-order valence-corrected chi connectivity index (χ0v) is 23.3. The van der Waals surface area contributed by atoms with Gasteiger partial charge in [-0.05, 0) is 47.9 Å². The molecule has 40 heavy (non-hydrogen) atoms. The molecule has 12 nitrogen and oxygen atoms in total. The zero-order chi connectivity index (χ0) is 28.7. The molecule has 0 saturated carbocycles. The van der Waals surface area contributed by atoms with Crippen LogP contribution < -0.4 is 0 Å². The Bertz CT molecular complexity index is 923. The van der Waals surface area contributed by atoms with Gasteiger partial charge in [-0.1, -0.05) is 70.9 Å². The van der Waals surface area contributed by atoms with Crippen molar-refractivity contribution in [1.29, 1.82) is 0 Å². The highest BCUT2D eigenvalue weighted by atomic mass is 16.7. The Balaban J connectivity index is 2.33. The van der Waals surface area contributed by atoms with E-state index in [1.54, 1.807) is 14.2 Å². The van der Waals surface area contributed by atoms with Crippen LogP contribution in [0.5, 0.6) is 0 Å². The van der Waals surface area contributed by atoms with Gasteiger partial charge in [0.05, 0.1) is 50.7 Å². The highest BCUT2D eigenvalue weighted by molar-refractivity contribution is 5.16. The Morgan fingerprint density at radius 2 is 1.02 bits per heavy atom. The van der Waals surface area contributed by atoms with Gasteiger partial charge in [-0.25, -0.2) is 0 Å². The van der Waals surface area contributed by atoms with Crippen LogP contribution in [0.15, 0.2) is 70.9 Å². The van der Waals surface area contributed by atoms with Gasteiger partial charge < -0.3 is 28.4 Å². The summed E-state index contributed by atoms with van der Waals surface area (Å²) in [6.45, 7) is 1.24. The number of benzene rings is 2. The van der Waals surface area contributed by atoms with Gasteiger partial charge in [0.25, 0.3) is 0 Å². The van der Waals surface area contributed by atoms with E-state index in [-0.39, 0.29) is 13.6 Å². The summed E-state index contributed by atoms with van der Waals surface area (Å²) in [4.78, 5) is 6.21. The normalized spacial score (nSPS) is 13.9. The Morgan fingerprint density at radius 1 is 0.625 bits per heavy atom. The monoisotopic (exact) mass is 556 g/mol. The van der Waals surface area contributed by atoms with Crippen molar-refractivity contribution in [2.24, 2.45) is 10.2 Å². The van der Waals surface area contributed by atoms with Crippen molar-refractivity contribution in [2.75, 3.05) is 54.2 Å². The second kappa shape index (κ2) is 21.6. The highest BCUT2D eigenvalue weighted by Gasteiger charge is 2.36. The topological polar surface area (TPSA) is 153 Å². The molecule has 0 aliphatic carbocycles. The van der Waals surface area contributed by atoms with Crippen LogP contribution in [0.1, 0.15) is 24.0 Å². The molecule has 0 amide bonds. The maximum atomic E-state index is 9.47. The molecule has 0 aliphatic rings. The van der Waals surface area contributed by atoms with Crippen molar-refractivity contribution in [3.05, 3.63) is 92.7 Å². The summed E-state index contributed by atoms with van der Waals surface area (Å²) in [5.41, 5.74) is 21.1. The van der Waals surface area contributed by atoms with Gasteiger partial charge in [0.2, 0.25) is 0 Å². The molecule has 12 heteroatoms. The minimum atomic E-state index is -0.792. The third-order valence-electron chi connectivity index (χ3n) is 6.18. The Kier molecular flexibility index (Phi) is 17.9. The van der Waals surface area contributed by atoms with Crippen molar-refractivity contribution in [3.8, 4) is 0 Å². The molecule has 2 rings (SSSR count). The summed E-state index contributed by atoms with van der Waals surface area (Å²) in [6.07, 6.45) is 0.648. The number of nitrogens with zero attached hydrogens (tertiary/aromatic N) is 6. The van der Waals surface area contributed by atoms with E-state index in [0.717, 1.165) is 11.1 Å². The van der Waals surface area contributed by atoms with E-state index in [4.69, 9.17) is 28.4 Å². The third-order valence-corrected chi connectivity index (χ3v) is 6.18. The van der Waals surface area contributed by atoms with Gasteiger partial charge in [0.1, 0.15) is 13.6 Å². The summed E-state index contributed by atoms with van der Waals surface area (Å²) < 4.78 is 33.6. The van der Waals surface area contributed by atoms with Gasteiger partial charge in [-0.2, -0.15) is 0 Å². The lowest BCUT2D eigenvalue weighted by Gasteiger charge is -2.34. The van der Waals surface area contributed by atoms with Crippen LogP contribution in [0.3, 0.4) is 0 Å². The Hall–Kier alpha value is -3.18. The van der Waals surface area contributed by atoms with Gasteiger partial charge in [0, 0.05) is 24.0 Å². The van der Waals surface area contributed by atoms with Crippen molar-refractivity contribution in [1.82, 2.24) is 0 Å². The van der Waals surface area contributed by atoms with Crippen molar-refractivity contribution in [2.45, 2.75) is 50.0 Å². The molecule has 0 fully saturated rings. The van der Waals surface area contributed by atoms with Crippen LogP contribution in [0.25, 0.3) is 20.9 Å². The standard InChI is InChI=1S/C28H40N6O6/c1-35-17-19-37-21-39-27(25(31-33-29)15-13-23-9-5-3-6-10-23)28(40-22-38-20-18-36-2)26(32-34-30)16-14-24-11-7-4-8-12-24/h3-12,25-28H,13-22H2,1-2H3/t25-,26-,27+,28+/m1/s1. The molecule has 0 spiro atoms. The number of azide groups is 2. The number of hydrogen-bond donors (Lipinski definition) is 0. The van der Waals surface area contributed by atoms with Crippen LogP contribution in [0.2, 0.25) is 0 Å². The predicted molar refractivity (Wildman–Crippen MR) is 151 cm³/mol. The van der Waals surface area contributed by atoms with E-state index >= 15 is 0 Å². The number of methoxy groups -OCH3 is 2. The lowest BCUT2D eigenvalue weighted by atomic mass is 9.92. The van der Waals surface area contributed by atoms with Crippen molar-refractivity contribution < 1.29 is 28.4 Å². The number of aryl methyl sites for hydroxylation is 2. The first-order valence-electron chi connectivity index (χ1n) is 13.3. The lowest BCUT2D eigenvalue weighted by Crippen LogP contribution is -2.47. The predicted octanol–water partition coefficient (Wildman–Crippen LogP) is 5.62. The average molecular weight is 557 g/mol. The third kappa shape index (κ3) is 13.3. The fourth-order valence-corrected chi connectivity index (χ4v) is 4.13. The van der Waals surface area contributed by atoms with Gasteiger partial charge in [0.15, 0.2) is 0 Å². The quantitative estimate of drug-likeness (QED) is 0.0569. The summed E-state index contributed by atoms with van der Waals surface area (Å²) in [5, 5.41) is 8.19. The molecule has 0 radical (unpaired) electrons. The van der Waals surface area contributed by atoms with E-state index in [1.165, 1.54) is 0 Å². The van der Waals surface area contributed by atoms with E-state index in [9.17, 15) is 11.1 Å². The van der Waals surface area contributed by atoms with Crippen LogP contribution in [0, 0.1) is 0 Å². The molecule has 218 valence electrons. The molecular formula is C28H40N6O6. The summed E-state index contributed by atoms with van der Waals surface area (Å²) in [7, 11) is 3.16. The molecule has 0 aromatic heterocycles. The summed E-state index contributed by atoms with van der Waals surface area (Å²) in [6, 6.07) is 18.5. The molecular weight excluding hydrogens is 516 g/mol. The molecule has 2 aromatic carbocycles.